The molecule has 2 aromatic carbocycles. The monoisotopic (exact) mass is 368 g/mol. The van der Waals surface area contributed by atoms with Crippen molar-refractivity contribution in [1.82, 2.24) is 10.6 Å². The van der Waals surface area contributed by atoms with E-state index in [1.165, 1.54) is 5.56 Å². The summed E-state index contributed by atoms with van der Waals surface area (Å²) in [6, 6.07) is 18.3. The number of thiocarbonyl (C=S) groups is 1. The maximum Gasteiger partial charge on any atom is 0.233 e. The van der Waals surface area contributed by atoms with Gasteiger partial charge in [0.25, 0.3) is 0 Å². The van der Waals surface area contributed by atoms with Gasteiger partial charge in [-0.1, -0.05) is 68.4 Å². The molecule has 138 valence electrons. The second-order valence-electron chi connectivity index (χ2n) is 7.16. The van der Waals surface area contributed by atoms with Crippen molar-refractivity contribution in [2.75, 3.05) is 0 Å². The van der Waals surface area contributed by atoms with Crippen molar-refractivity contribution < 1.29 is 4.79 Å². The van der Waals surface area contributed by atoms with Crippen molar-refractivity contribution in [1.29, 1.82) is 0 Å². The lowest BCUT2D eigenvalue weighted by atomic mass is 9.96. The Hall–Kier alpha value is -2.20. The molecule has 2 rings (SSSR count). The molecule has 26 heavy (non-hydrogen) atoms. The van der Waals surface area contributed by atoms with Crippen molar-refractivity contribution in [3.63, 3.8) is 0 Å². The van der Waals surface area contributed by atoms with Gasteiger partial charge in [-0.15, -0.1) is 0 Å². The summed E-state index contributed by atoms with van der Waals surface area (Å²) in [6.07, 6.45) is 1.05. The Morgan fingerprint density at radius 3 is 2.12 bits per heavy atom. The molecule has 2 atom stereocenters. The van der Waals surface area contributed by atoms with Gasteiger partial charge in [-0.2, -0.15) is 0 Å². The van der Waals surface area contributed by atoms with Crippen LogP contribution in [0.25, 0.3) is 0 Å². The summed E-state index contributed by atoms with van der Waals surface area (Å²) in [5.74, 6) is 0.269. The molecule has 0 aromatic heterocycles. The molecule has 1 amide bonds. The lowest BCUT2D eigenvalue weighted by Gasteiger charge is -2.19. The van der Waals surface area contributed by atoms with Crippen LogP contribution < -0.4 is 10.6 Å². The summed E-state index contributed by atoms with van der Waals surface area (Å²) in [7, 11) is 0. The minimum Gasteiger partial charge on any atom is -0.356 e. The lowest BCUT2D eigenvalue weighted by Crippen LogP contribution is -2.42. The van der Waals surface area contributed by atoms with Crippen LogP contribution in [0.5, 0.6) is 0 Å². The van der Waals surface area contributed by atoms with Crippen LogP contribution >= 0.6 is 12.2 Å². The molecule has 4 heteroatoms. The highest BCUT2D eigenvalue weighted by Gasteiger charge is 2.17. The maximum absolute atomic E-state index is 12.5. The molecular formula is C22H28N2OS. The zero-order chi connectivity index (χ0) is 19.1. The van der Waals surface area contributed by atoms with E-state index in [1.54, 1.807) is 0 Å². The second kappa shape index (κ2) is 9.48. The molecule has 0 fully saturated rings. The maximum atomic E-state index is 12.5. The van der Waals surface area contributed by atoms with Gasteiger partial charge in [0.1, 0.15) is 0 Å². The highest BCUT2D eigenvalue weighted by molar-refractivity contribution is 7.80. The summed E-state index contributed by atoms with van der Waals surface area (Å²) in [6.45, 7) is 8.32. The molecule has 0 aliphatic rings. The summed E-state index contributed by atoms with van der Waals surface area (Å²) in [4.78, 5) is 12.5. The molecular weight excluding hydrogens is 340 g/mol. The van der Waals surface area contributed by atoms with Gasteiger partial charge in [-0.25, -0.2) is 0 Å². The first kappa shape index (κ1) is 20.1. The van der Waals surface area contributed by atoms with Crippen LogP contribution in [0.1, 0.15) is 56.3 Å². The molecule has 0 heterocycles. The van der Waals surface area contributed by atoms with Gasteiger partial charge in [0, 0.05) is 0 Å². The Bertz CT molecular complexity index is 726. The van der Waals surface area contributed by atoms with Crippen molar-refractivity contribution in [2.24, 2.45) is 5.92 Å². The average molecular weight is 369 g/mol. The third kappa shape index (κ3) is 5.95. The van der Waals surface area contributed by atoms with E-state index in [2.05, 4.69) is 36.6 Å². The fourth-order valence-electron chi connectivity index (χ4n) is 2.84. The number of amides is 1. The SMILES string of the molecule is CC(C)Cc1ccc(C(C)C(=O)NC(=S)NC(C)c2ccccc2)cc1. The quantitative estimate of drug-likeness (QED) is 0.724. The number of carbonyl (C=O) groups is 1. The summed E-state index contributed by atoms with van der Waals surface area (Å²) < 4.78 is 0. The fraction of sp³-hybridized carbons (Fsp3) is 0.364. The number of rotatable bonds is 6. The van der Waals surface area contributed by atoms with Gasteiger partial charge >= 0.3 is 0 Å². The van der Waals surface area contributed by atoms with Crippen LogP contribution in [-0.2, 0) is 11.2 Å². The van der Waals surface area contributed by atoms with Crippen LogP contribution in [0, 0.1) is 5.92 Å². The van der Waals surface area contributed by atoms with Gasteiger partial charge < -0.3 is 10.6 Å². The lowest BCUT2D eigenvalue weighted by molar-refractivity contribution is -0.120. The zero-order valence-electron chi connectivity index (χ0n) is 16.0. The zero-order valence-corrected chi connectivity index (χ0v) is 16.8. The first-order valence-electron chi connectivity index (χ1n) is 9.12. The predicted molar refractivity (Wildman–Crippen MR) is 112 cm³/mol. The third-order valence-electron chi connectivity index (χ3n) is 4.40. The topological polar surface area (TPSA) is 41.1 Å². The smallest absolute Gasteiger partial charge is 0.233 e. The highest BCUT2D eigenvalue weighted by Crippen LogP contribution is 2.18. The number of carbonyl (C=O) groups excluding carboxylic acids is 1. The number of benzene rings is 2. The average Bonchev–Trinajstić information content (AvgIpc) is 2.61. The second-order valence-corrected chi connectivity index (χ2v) is 7.56. The number of hydrogen-bond acceptors (Lipinski definition) is 2. The van der Waals surface area contributed by atoms with Crippen LogP contribution in [0.15, 0.2) is 54.6 Å². The summed E-state index contributed by atoms with van der Waals surface area (Å²) in [5, 5.41) is 6.33. The van der Waals surface area contributed by atoms with Crippen LogP contribution in [0.2, 0.25) is 0 Å². The molecule has 0 aliphatic heterocycles. The first-order chi connectivity index (χ1) is 12.4. The minimum atomic E-state index is -0.255. The van der Waals surface area contributed by atoms with E-state index in [0.717, 1.165) is 17.5 Å². The van der Waals surface area contributed by atoms with E-state index in [9.17, 15) is 4.79 Å². The Labute approximate surface area is 162 Å². The third-order valence-corrected chi connectivity index (χ3v) is 4.62. The molecule has 0 aliphatic carbocycles. The van der Waals surface area contributed by atoms with E-state index in [4.69, 9.17) is 12.2 Å². The van der Waals surface area contributed by atoms with Crippen molar-refractivity contribution in [3.8, 4) is 0 Å². The Kier molecular flexibility index (Phi) is 7.34. The molecule has 2 N–H and O–H groups in total. The van der Waals surface area contributed by atoms with Gasteiger partial charge in [-0.05, 0) is 55.1 Å². The van der Waals surface area contributed by atoms with Crippen LogP contribution in [-0.4, -0.2) is 11.0 Å². The Morgan fingerprint density at radius 2 is 1.54 bits per heavy atom. The molecule has 3 nitrogen and oxygen atoms in total. The standard InChI is InChI=1S/C22H28N2OS/c1-15(2)14-18-10-12-19(13-11-18)16(3)21(25)24-22(26)23-17(4)20-8-6-5-7-9-20/h5-13,15-17H,14H2,1-4H3,(H2,23,24,25,26). The molecule has 0 saturated heterocycles. The summed E-state index contributed by atoms with van der Waals surface area (Å²) >= 11 is 5.30. The largest absolute Gasteiger partial charge is 0.356 e. The van der Waals surface area contributed by atoms with Gasteiger partial charge in [0.05, 0.1) is 12.0 Å². The van der Waals surface area contributed by atoms with Crippen molar-refractivity contribution in [3.05, 3.63) is 71.3 Å². The van der Waals surface area contributed by atoms with Gasteiger partial charge in [0.15, 0.2) is 5.11 Å². The Balaban J connectivity index is 1.90. The molecule has 2 unspecified atom stereocenters. The summed E-state index contributed by atoms with van der Waals surface area (Å²) in [5.41, 5.74) is 3.41. The molecule has 0 spiro atoms. The Morgan fingerprint density at radius 1 is 0.923 bits per heavy atom. The number of nitrogens with one attached hydrogen (secondary N) is 2. The van der Waals surface area contributed by atoms with E-state index in [0.29, 0.717) is 11.0 Å². The van der Waals surface area contributed by atoms with Crippen LogP contribution in [0.3, 0.4) is 0 Å². The minimum absolute atomic E-state index is 0.0367. The van der Waals surface area contributed by atoms with Gasteiger partial charge in [0.2, 0.25) is 5.91 Å². The van der Waals surface area contributed by atoms with Crippen molar-refractivity contribution in [2.45, 2.75) is 46.1 Å². The van der Waals surface area contributed by atoms with E-state index < -0.39 is 0 Å². The highest BCUT2D eigenvalue weighted by atomic mass is 32.1. The van der Waals surface area contributed by atoms with Crippen molar-refractivity contribution >= 4 is 23.2 Å². The first-order valence-corrected chi connectivity index (χ1v) is 9.52. The fourth-order valence-corrected chi connectivity index (χ4v) is 3.12. The molecule has 0 bridgehead atoms. The van der Waals surface area contributed by atoms with E-state index in [-0.39, 0.29) is 17.9 Å². The number of hydrogen-bond donors (Lipinski definition) is 2. The molecule has 2 aromatic rings. The molecule has 0 saturated carbocycles. The van der Waals surface area contributed by atoms with E-state index in [1.807, 2.05) is 56.3 Å². The normalized spacial score (nSPS) is 13.1. The van der Waals surface area contributed by atoms with Gasteiger partial charge in [-0.3, -0.25) is 4.79 Å². The van der Waals surface area contributed by atoms with E-state index >= 15 is 0 Å². The predicted octanol–water partition coefficient (Wildman–Crippen LogP) is 4.74. The van der Waals surface area contributed by atoms with Crippen LogP contribution in [0.4, 0.5) is 0 Å². The molecule has 0 radical (unpaired) electrons.